The van der Waals surface area contributed by atoms with Crippen LogP contribution in [-0.2, 0) is 0 Å². The van der Waals surface area contributed by atoms with E-state index in [0.29, 0.717) is 6.04 Å². The predicted octanol–water partition coefficient (Wildman–Crippen LogP) is 2.64. The highest BCUT2D eigenvalue weighted by molar-refractivity contribution is 4.76. The lowest BCUT2D eigenvalue weighted by atomic mass is 10.0. The van der Waals surface area contributed by atoms with Gasteiger partial charge in [-0.15, -0.1) is 0 Å². The van der Waals surface area contributed by atoms with E-state index in [1.807, 2.05) is 0 Å². The second kappa shape index (κ2) is 7.24. The standard InChI is InChI=1S/C13H28N2/c1-4-12(3)14-9-11-15-10-7-6-8-13(15)5-2/h12-14H,4-11H2,1-3H3. The lowest BCUT2D eigenvalue weighted by Crippen LogP contribution is -2.43. The highest BCUT2D eigenvalue weighted by atomic mass is 15.2. The largest absolute Gasteiger partial charge is 0.313 e. The second-order valence-corrected chi connectivity index (χ2v) is 4.86. The summed E-state index contributed by atoms with van der Waals surface area (Å²) in [6.45, 7) is 10.6. The van der Waals surface area contributed by atoms with Crippen molar-refractivity contribution in [2.24, 2.45) is 0 Å². The molecule has 1 aliphatic rings. The van der Waals surface area contributed by atoms with E-state index >= 15 is 0 Å². The van der Waals surface area contributed by atoms with Crippen molar-refractivity contribution in [3.05, 3.63) is 0 Å². The van der Waals surface area contributed by atoms with Gasteiger partial charge < -0.3 is 5.32 Å². The third kappa shape index (κ3) is 4.52. The molecule has 15 heavy (non-hydrogen) atoms. The van der Waals surface area contributed by atoms with Crippen molar-refractivity contribution in [3.63, 3.8) is 0 Å². The first-order chi connectivity index (χ1) is 7.27. The van der Waals surface area contributed by atoms with Crippen molar-refractivity contribution in [3.8, 4) is 0 Å². The SMILES string of the molecule is CCC(C)NCCN1CCCCC1CC. The molecule has 1 aliphatic heterocycles. The average molecular weight is 212 g/mol. The predicted molar refractivity (Wildman–Crippen MR) is 67.3 cm³/mol. The molecule has 0 amide bonds. The van der Waals surface area contributed by atoms with Crippen molar-refractivity contribution < 1.29 is 0 Å². The summed E-state index contributed by atoms with van der Waals surface area (Å²) in [6.07, 6.45) is 6.81. The monoisotopic (exact) mass is 212 g/mol. The Morgan fingerprint density at radius 1 is 1.33 bits per heavy atom. The Morgan fingerprint density at radius 3 is 2.80 bits per heavy atom. The lowest BCUT2D eigenvalue weighted by Gasteiger charge is -2.35. The fourth-order valence-electron chi connectivity index (χ4n) is 2.42. The molecule has 0 saturated carbocycles. The lowest BCUT2D eigenvalue weighted by molar-refractivity contribution is 0.144. The Kier molecular flexibility index (Phi) is 6.26. The van der Waals surface area contributed by atoms with Crippen LogP contribution in [0.3, 0.4) is 0 Å². The van der Waals surface area contributed by atoms with E-state index in [9.17, 15) is 0 Å². The summed E-state index contributed by atoms with van der Waals surface area (Å²) in [5.41, 5.74) is 0. The molecule has 0 aromatic heterocycles. The van der Waals surface area contributed by atoms with Gasteiger partial charge in [-0.3, -0.25) is 4.90 Å². The minimum absolute atomic E-state index is 0.676. The Morgan fingerprint density at radius 2 is 2.13 bits per heavy atom. The number of hydrogen-bond donors (Lipinski definition) is 1. The number of rotatable bonds is 6. The van der Waals surface area contributed by atoms with Gasteiger partial charge in [0.05, 0.1) is 0 Å². The van der Waals surface area contributed by atoms with Crippen molar-refractivity contribution >= 4 is 0 Å². The molecule has 1 heterocycles. The normalized spacial score (nSPS) is 25.4. The quantitative estimate of drug-likeness (QED) is 0.728. The zero-order valence-electron chi connectivity index (χ0n) is 10.8. The first-order valence-corrected chi connectivity index (χ1v) is 6.75. The minimum Gasteiger partial charge on any atom is -0.313 e. The Balaban J connectivity index is 2.17. The Hall–Kier alpha value is -0.0800. The zero-order chi connectivity index (χ0) is 11.1. The van der Waals surface area contributed by atoms with E-state index in [4.69, 9.17) is 0 Å². The number of nitrogens with one attached hydrogen (secondary N) is 1. The average Bonchev–Trinajstić information content (AvgIpc) is 2.29. The summed E-state index contributed by atoms with van der Waals surface area (Å²) < 4.78 is 0. The molecule has 1 rings (SSSR count). The fourth-order valence-corrected chi connectivity index (χ4v) is 2.42. The van der Waals surface area contributed by atoms with Crippen LogP contribution in [0.1, 0.15) is 52.9 Å². The molecular formula is C13H28N2. The molecule has 2 unspecified atom stereocenters. The highest BCUT2D eigenvalue weighted by Gasteiger charge is 2.19. The van der Waals surface area contributed by atoms with E-state index in [1.54, 1.807) is 0 Å². The molecule has 1 saturated heterocycles. The molecule has 0 bridgehead atoms. The van der Waals surface area contributed by atoms with Gasteiger partial charge in [-0.2, -0.15) is 0 Å². The molecule has 1 fully saturated rings. The molecule has 0 aromatic carbocycles. The molecule has 0 aliphatic carbocycles. The maximum Gasteiger partial charge on any atom is 0.0110 e. The second-order valence-electron chi connectivity index (χ2n) is 4.86. The number of likely N-dealkylation sites (tertiary alicyclic amines) is 1. The molecule has 1 N–H and O–H groups in total. The van der Waals surface area contributed by atoms with Crippen LogP contribution < -0.4 is 5.32 Å². The third-order valence-electron chi connectivity index (χ3n) is 3.72. The van der Waals surface area contributed by atoms with Gasteiger partial charge in [-0.25, -0.2) is 0 Å². The van der Waals surface area contributed by atoms with Crippen LogP contribution in [0.25, 0.3) is 0 Å². The van der Waals surface area contributed by atoms with Crippen LogP contribution in [-0.4, -0.2) is 36.6 Å². The van der Waals surface area contributed by atoms with Crippen LogP contribution in [0, 0.1) is 0 Å². The topological polar surface area (TPSA) is 15.3 Å². The van der Waals surface area contributed by atoms with Crippen LogP contribution in [0.4, 0.5) is 0 Å². The molecule has 90 valence electrons. The summed E-state index contributed by atoms with van der Waals surface area (Å²) >= 11 is 0. The van der Waals surface area contributed by atoms with Gasteiger partial charge in [0.15, 0.2) is 0 Å². The summed E-state index contributed by atoms with van der Waals surface area (Å²) in [5.74, 6) is 0. The van der Waals surface area contributed by atoms with E-state index < -0.39 is 0 Å². The van der Waals surface area contributed by atoms with Gasteiger partial charge in [0, 0.05) is 25.2 Å². The first-order valence-electron chi connectivity index (χ1n) is 6.75. The summed E-state index contributed by atoms with van der Waals surface area (Å²) in [4.78, 5) is 2.68. The number of nitrogens with zero attached hydrogens (tertiary/aromatic N) is 1. The third-order valence-corrected chi connectivity index (χ3v) is 3.72. The van der Waals surface area contributed by atoms with E-state index in [1.165, 1.54) is 45.2 Å². The molecule has 2 heteroatoms. The minimum atomic E-state index is 0.676. The van der Waals surface area contributed by atoms with Gasteiger partial charge in [-0.1, -0.05) is 20.3 Å². The molecule has 2 nitrogen and oxygen atoms in total. The molecule has 0 spiro atoms. The Labute approximate surface area is 95.4 Å². The van der Waals surface area contributed by atoms with Crippen LogP contribution in [0.2, 0.25) is 0 Å². The van der Waals surface area contributed by atoms with Crippen molar-refractivity contribution in [1.29, 1.82) is 0 Å². The van der Waals surface area contributed by atoms with Crippen molar-refractivity contribution in [1.82, 2.24) is 10.2 Å². The molecule has 2 atom stereocenters. The first kappa shape index (κ1) is 13.0. The zero-order valence-corrected chi connectivity index (χ0v) is 10.8. The maximum atomic E-state index is 3.58. The van der Waals surface area contributed by atoms with Gasteiger partial charge >= 0.3 is 0 Å². The smallest absolute Gasteiger partial charge is 0.0110 e. The van der Waals surface area contributed by atoms with Crippen LogP contribution in [0.15, 0.2) is 0 Å². The van der Waals surface area contributed by atoms with Gasteiger partial charge in [0.2, 0.25) is 0 Å². The molecular weight excluding hydrogens is 184 g/mol. The maximum absolute atomic E-state index is 3.58. The van der Waals surface area contributed by atoms with Gasteiger partial charge in [0.25, 0.3) is 0 Å². The summed E-state index contributed by atoms with van der Waals surface area (Å²) in [5, 5.41) is 3.58. The van der Waals surface area contributed by atoms with Crippen molar-refractivity contribution in [2.75, 3.05) is 19.6 Å². The highest BCUT2D eigenvalue weighted by Crippen LogP contribution is 2.18. The van der Waals surface area contributed by atoms with Crippen molar-refractivity contribution in [2.45, 2.75) is 65.0 Å². The molecule has 0 aromatic rings. The van der Waals surface area contributed by atoms with E-state index in [-0.39, 0.29) is 0 Å². The van der Waals surface area contributed by atoms with Crippen LogP contribution in [0.5, 0.6) is 0 Å². The number of hydrogen-bond acceptors (Lipinski definition) is 2. The van der Waals surface area contributed by atoms with E-state index in [2.05, 4.69) is 31.0 Å². The van der Waals surface area contributed by atoms with Crippen LogP contribution >= 0.6 is 0 Å². The number of piperidine rings is 1. The Bertz CT molecular complexity index is 159. The molecule has 0 radical (unpaired) electrons. The van der Waals surface area contributed by atoms with Gasteiger partial charge in [-0.05, 0) is 39.2 Å². The van der Waals surface area contributed by atoms with E-state index in [0.717, 1.165) is 12.6 Å². The fraction of sp³-hybridized carbons (Fsp3) is 1.00. The summed E-state index contributed by atoms with van der Waals surface area (Å²) in [7, 11) is 0. The summed E-state index contributed by atoms with van der Waals surface area (Å²) in [6, 6.07) is 1.53. The van der Waals surface area contributed by atoms with Gasteiger partial charge in [0.1, 0.15) is 0 Å².